The second-order valence-electron chi connectivity index (χ2n) is 2.88. The Kier molecular flexibility index (Phi) is 2.53. The van der Waals surface area contributed by atoms with Gasteiger partial charge in [-0.25, -0.2) is 8.42 Å². The predicted molar refractivity (Wildman–Crippen MR) is 49.2 cm³/mol. The van der Waals surface area contributed by atoms with Gasteiger partial charge in [-0.2, -0.15) is 4.37 Å². The fraction of sp³-hybridized carbons (Fsp3) is 0.571. The van der Waals surface area contributed by atoms with E-state index < -0.39 is 9.84 Å². The highest BCUT2D eigenvalue weighted by Crippen LogP contribution is 2.20. The lowest BCUT2D eigenvalue weighted by Gasteiger charge is -2.02. The lowest BCUT2D eigenvalue weighted by atomic mass is 10.5. The van der Waals surface area contributed by atoms with Gasteiger partial charge in [0.2, 0.25) is 0 Å². The highest BCUT2D eigenvalue weighted by molar-refractivity contribution is 7.93. The molecule has 1 heterocycles. The minimum absolute atomic E-state index is 0.364. The van der Waals surface area contributed by atoms with Crippen LogP contribution in [0.15, 0.2) is 10.3 Å². The Morgan fingerprint density at radius 2 is 2.08 bits per heavy atom. The van der Waals surface area contributed by atoms with E-state index in [1.54, 1.807) is 26.8 Å². The Morgan fingerprint density at radius 1 is 1.50 bits per heavy atom. The van der Waals surface area contributed by atoms with E-state index >= 15 is 0 Å². The standard InChI is InChI=1S/C7H11NO2S2/c1-5(2)12(9,10)7-4-6(3)8-11-7/h4-5H,1-3H3. The summed E-state index contributed by atoms with van der Waals surface area (Å²) < 4.78 is 27.3. The van der Waals surface area contributed by atoms with Crippen molar-refractivity contribution in [2.45, 2.75) is 30.2 Å². The van der Waals surface area contributed by atoms with Crippen LogP contribution in [0.1, 0.15) is 19.5 Å². The first-order valence-corrected chi connectivity index (χ1v) is 5.94. The second kappa shape index (κ2) is 3.14. The van der Waals surface area contributed by atoms with Gasteiger partial charge in [-0.05, 0) is 38.4 Å². The van der Waals surface area contributed by atoms with Crippen molar-refractivity contribution < 1.29 is 8.42 Å². The maximum atomic E-state index is 11.5. The fourth-order valence-electron chi connectivity index (χ4n) is 0.707. The van der Waals surface area contributed by atoms with Crippen molar-refractivity contribution in [2.24, 2.45) is 0 Å². The zero-order valence-corrected chi connectivity index (χ0v) is 8.87. The Morgan fingerprint density at radius 3 is 2.42 bits per heavy atom. The van der Waals surface area contributed by atoms with E-state index in [9.17, 15) is 8.42 Å². The number of hydrogen-bond donors (Lipinski definition) is 0. The second-order valence-corrected chi connectivity index (χ2v) is 6.42. The average molecular weight is 205 g/mol. The van der Waals surface area contributed by atoms with Crippen LogP contribution in [0, 0.1) is 6.92 Å². The van der Waals surface area contributed by atoms with Crippen LogP contribution < -0.4 is 0 Å². The summed E-state index contributed by atoms with van der Waals surface area (Å²) in [6, 6.07) is 1.61. The summed E-state index contributed by atoms with van der Waals surface area (Å²) in [5.74, 6) is 0. The van der Waals surface area contributed by atoms with Crippen LogP contribution in [-0.4, -0.2) is 18.0 Å². The number of hydrogen-bond acceptors (Lipinski definition) is 4. The minimum atomic E-state index is -3.10. The van der Waals surface area contributed by atoms with E-state index in [0.717, 1.165) is 17.2 Å². The molecule has 0 saturated heterocycles. The van der Waals surface area contributed by atoms with E-state index in [-0.39, 0.29) is 5.25 Å². The lowest BCUT2D eigenvalue weighted by molar-refractivity contribution is 0.589. The van der Waals surface area contributed by atoms with E-state index in [4.69, 9.17) is 0 Å². The molecule has 0 fully saturated rings. The minimum Gasteiger partial charge on any atom is -0.223 e. The zero-order chi connectivity index (χ0) is 9.35. The highest BCUT2D eigenvalue weighted by Gasteiger charge is 2.21. The van der Waals surface area contributed by atoms with Gasteiger partial charge in [0, 0.05) is 0 Å². The van der Waals surface area contributed by atoms with Gasteiger partial charge in [0.15, 0.2) is 9.84 Å². The van der Waals surface area contributed by atoms with Gasteiger partial charge in [-0.15, -0.1) is 0 Å². The van der Waals surface area contributed by atoms with Crippen LogP contribution in [0.4, 0.5) is 0 Å². The molecule has 0 spiro atoms. The summed E-state index contributed by atoms with van der Waals surface area (Å²) >= 11 is 1.05. The van der Waals surface area contributed by atoms with Gasteiger partial charge < -0.3 is 0 Å². The van der Waals surface area contributed by atoms with E-state index in [1.165, 1.54) is 0 Å². The molecular formula is C7H11NO2S2. The third-order valence-corrected chi connectivity index (χ3v) is 5.02. The Hall–Kier alpha value is -0.420. The van der Waals surface area contributed by atoms with Crippen molar-refractivity contribution in [1.82, 2.24) is 4.37 Å². The first-order valence-electron chi connectivity index (χ1n) is 3.62. The Labute approximate surface area is 76.5 Å². The molecular weight excluding hydrogens is 194 g/mol. The van der Waals surface area contributed by atoms with Gasteiger partial charge >= 0.3 is 0 Å². The molecule has 0 radical (unpaired) electrons. The summed E-state index contributed by atoms with van der Waals surface area (Å²) in [4.78, 5) is 0. The number of nitrogens with zero attached hydrogens (tertiary/aromatic N) is 1. The molecule has 0 atom stereocenters. The first kappa shape index (κ1) is 9.67. The molecule has 1 aromatic heterocycles. The molecule has 0 unspecified atom stereocenters. The van der Waals surface area contributed by atoms with Gasteiger partial charge in [0.25, 0.3) is 0 Å². The van der Waals surface area contributed by atoms with Crippen molar-refractivity contribution in [3.05, 3.63) is 11.8 Å². The Bertz CT molecular complexity index is 365. The molecule has 3 nitrogen and oxygen atoms in total. The molecule has 1 aromatic rings. The van der Waals surface area contributed by atoms with Gasteiger partial charge in [0.05, 0.1) is 10.9 Å². The molecule has 0 aliphatic rings. The number of rotatable bonds is 2. The molecule has 0 aliphatic carbocycles. The van der Waals surface area contributed by atoms with Crippen molar-refractivity contribution in [1.29, 1.82) is 0 Å². The van der Waals surface area contributed by atoms with Crippen LogP contribution >= 0.6 is 11.5 Å². The smallest absolute Gasteiger partial charge is 0.191 e. The summed E-state index contributed by atoms with van der Waals surface area (Å²) in [6.45, 7) is 5.13. The van der Waals surface area contributed by atoms with Crippen molar-refractivity contribution in [2.75, 3.05) is 0 Å². The normalized spacial score (nSPS) is 12.3. The molecule has 12 heavy (non-hydrogen) atoms. The van der Waals surface area contributed by atoms with Crippen LogP contribution in [0.25, 0.3) is 0 Å². The SMILES string of the molecule is Cc1cc(S(=O)(=O)C(C)C)sn1. The number of sulfone groups is 1. The zero-order valence-electron chi connectivity index (χ0n) is 7.23. The molecule has 68 valence electrons. The molecule has 0 aromatic carbocycles. The summed E-state index contributed by atoms with van der Waals surface area (Å²) in [7, 11) is -3.10. The summed E-state index contributed by atoms with van der Waals surface area (Å²) in [5.41, 5.74) is 0.763. The first-order chi connectivity index (χ1) is 5.44. The van der Waals surface area contributed by atoms with Crippen molar-refractivity contribution >= 4 is 21.4 Å². The number of aromatic nitrogens is 1. The molecule has 0 saturated carbocycles. The lowest BCUT2D eigenvalue weighted by Crippen LogP contribution is -2.12. The summed E-state index contributed by atoms with van der Waals surface area (Å²) in [6.07, 6.45) is 0. The molecule has 1 rings (SSSR count). The van der Waals surface area contributed by atoms with Gasteiger partial charge in [-0.3, -0.25) is 0 Å². The third-order valence-electron chi connectivity index (χ3n) is 1.51. The maximum absolute atomic E-state index is 11.5. The van der Waals surface area contributed by atoms with Gasteiger partial charge in [-0.1, -0.05) is 0 Å². The van der Waals surface area contributed by atoms with Crippen LogP contribution in [-0.2, 0) is 9.84 Å². The monoisotopic (exact) mass is 205 g/mol. The van der Waals surface area contributed by atoms with E-state index in [1.807, 2.05) is 0 Å². The summed E-state index contributed by atoms with van der Waals surface area (Å²) in [5, 5.41) is -0.364. The van der Waals surface area contributed by atoms with Gasteiger partial charge in [0.1, 0.15) is 4.21 Å². The molecule has 0 aliphatic heterocycles. The quantitative estimate of drug-likeness (QED) is 0.737. The molecule has 0 amide bonds. The Balaban J connectivity index is 3.15. The average Bonchev–Trinajstić information content (AvgIpc) is 2.35. The van der Waals surface area contributed by atoms with E-state index in [2.05, 4.69) is 4.37 Å². The molecule has 0 bridgehead atoms. The molecule has 0 N–H and O–H groups in total. The maximum Gasteiger partial charge on any atom is 0.191 e. The van der Waals surface area contributed by atoms with Crippen molar-refractivity contribution in [3.8, 4) is 0 Å². The molecule has 5 heteroatoms. The largest absolute Gasteiger partial charge is 0.223 e. The highest BCUT2D eigenvalue weighted by atomic mass is 32.2. The third kappa shape index (κ3) is 1.67. The van der Waals surface area contributed by atoms with E-state index in [0.29, 0.717) is 4.21 Å². The predicted octanol–water partition coefficient (Wildman–Crippen LogP) is 1.63. The van der Waals surface area contributed by atoms with Crippen LogP contribution in [0.5, 0.6) is 0 Å². The number of aryl methyl sites for hydroxylation is 1. The van der Waals surface area contributed by atoms with Crippen LogP contribution in [0.3, 0.4) is 0 Å². The van der Waals surface area contributed by atoms with Crippen molar-refractivity contribution in [3.63, 3.8) is 0 Å². The topological polar surface area (TPSA) is 47.0 Å². The fourth-order valence-corrected chi connectivity index (χ4v) is 3.12. The van der Waals surface area contributed by atoms with Crippen LogP contribution in [0.2, 0.25) is 0 Å².